The minimum Gasteiger partial charge on any atom is -0.488 e. The molecule has 3 aromatic rings. The maximum absolute atomic E-state index is 12.7. The summed E-state index contributed by atoms with van der Waals surface area (Å²) in [7, 11) is 0. The Hall–Kier alpha value is -2.27. The highest BCUT2D eigenvalue weighted by Crippen LogP contribution is 2.32. The number of hydrogen-bond acceptors (Lipinski definition) is 7. The van der Waals surface area contributed by atoms with Crippen molar-refractivity contribution in [3.63, 3.8) is 0 Å². The highest BCUT2D eigenvalue weighted by molar-refractivity contribution is 7.18. The molecule has 0 saturated heterocycles. The third kappa shape index (κ3) is 6.38. The number of rotatable bonds is 8. The lowest BCUT2D eigenvalue weighted by Gasteiger charge is -2.19. The van der Waals surface area contributed by atoms with Crippen molar-refractivity contribution in [2.24, 2.45) is 0 Å². The second-order valence-electron chi connectivity index (χ2n) is 7.34. The van der Waals surface area contributed by atoms with Crippen molar-refractivity contribution in [2.45, 2.75) is 51.7 Å². The molecule has 0 radical (unpaired) electrons. The van der Waals surface area contributed by atoms with Crippen LogP contribution in [0.1, 0.15) is 43.8 Å². The zero-order chi connectivity index (χ0) is 23.5. The van der Waals surface area contributed by atoms with Crippen molar-refractivity contribution in [3.05, 3.63) is 58.1 Å². The zero-order valence-electron chi connectivity index (χ0n) is 17.5. The Kier molecular flexibility index (Phi) is 7.71. The van der Waals surface area contributed by atoms with Crippen LogP contribution < -0.4 is 10.1 Å². The molecule has 2 aromatic heterocycles. The second kappa shape index (κ2) is 10.1. The number of benzene rings is 1. The molecule has 1 aromatic carbocycles. The van der Waals surface area contributed by atoms with Gasteiger partial charge in [0, 0.05) is 36.1 Å². The summed E-state index contributed by atoms with van der Waals surface area (Å²) in [5.41, 5.74) is 2.20. The van der Waals surface area contributed by atoms with Gasteiger partial charge in [-0.1, -0.05) is 11.6 Å². The molecule has 2 heterocycles. The van der Waals surface area contributed by atoms with Gasteiger partial charge in [0.05, 0.1) is 12.3 Å². The molecule has 0 aliphatic heterocycles. The van der Waals surface area contributed by atoms with Crippen molar-refractivity contribution >= 4 is 22.9 Å². The van der Waals surface area contributed by atoms with Gasteiger partial charge in [0.15, 0.2) is 0 Å². The molecule has 0 spiro atoms. The van der Waals surface area contributed by atoms with E-state index in [1.807, 2.05) is 25.1 Å². The molecule has 0 fully saturated rings. The lowest BCUT2D eigenvalue weighted by atomic mass is 10.1. The highest BCUT2D eigenvalue weighted by Gasteiger charge is 2.34. The number of aromatic nitrogens is 3. The van der Waals surface area contributed by atoms with Crippen molar-refractivity contribution in [3.8, 4) is 16.3 Å². The van der Waals surface area contributed by atoms with E-state index < -0.39 is 24.2 Å². The molecule has 0 amide bonds. The topological polar surface area (TPSA) is 80.2 Å². The molecule has 32 heavy (non-hydrogen) atoms. The molecule has 3 rings (SSSR count). The van der Waals surface area contributed by atoms with Gasteiger partial charge in [-0.3, -0.25) is 0 Å². The number of thiazole rings is 1. The third-order valence-corrected chi connectivity index (χ3v) is 5.89. The van der Waals surface area contributed by atoms with Crippen LogP contribution in [-0.4, -0.2) is 32.3 Å². The van der Waals surface area contributed by atoms with Gasteiger partial charge in [0.1, 0.15) is 21.2 Å². The van der Waals surface area contributed by atoms with E-state index >= 15 is 0 Å². The largest absolute Gasteiger partial charge is 0.488 e. The van der Waals surface area contributed by atoms with E-state index in [0.717, 1.165) is 16.1 Å². The van der Waals surface area contributed by atoms with Crippen LogP contribution in [0.3, 0.4) is 0 Å². The van der Waals surface area contributed by atoms with Crippen LogP contribution in [0.2, 0.25) is 4.34 Å². The van der Waals surface area contributed by atoms with Gasteiger partial charge in [0.2, 0.25) is 5.82 Å². The number of ether oxygens (including phenoxy) is 1. The van der Waals surface area contributed by atoms with Crippen LogP contribution in [0, 0.1) is 0 Å². The predicted molar refractivity (Wildman–Crippen MR) is 117 cm³/mol. The number of hydrogen-bond donors (Lipinski definition) is 2. The number of aliphatic hydroxyl groups is 1. The Morgan fingerprint density at radius 3 is 2.34 bits per heavy atom. The summed E-state index contributed by atoms with van der Waals surface area (Å²) in [4.78, 5) is 11.1. The maximum Gasteiger partial charge on any atom is 0.451 e. The minimum absolute atomic E-state index is 0.295. The van der Waals surface area contributed by atoms with E-state index in [-0.39, 0.29) is 6.04 Å². The van der Waals surface area contributed by atoms with Crippen LogP contribution in [0.25, 0.3) is 10.6 Å². The van der Waals surface area contributed by atoms with Gasteiger partial charge >= 0.3 is 6.18 Å². The SMILES string of the molecule is CC(O)C(C)Oc1cc(CN[C@H](C)c2cnc(C(F)(F)F)nc2)cc(-c2ncc(Cl)s2)c1. The normalized spacial score (nSPS) is 14.8. The fourth-order valence-corrected chi connectivity index (χ4v) is 3.65. The highest BCUT2D eigenvalue weighted by atomic mass is 35.5. The van der Waals surface area contributed by atoms with Crippen molar-refractivity contribution in [1.82, 2.24) is 20.3 Å². The summed E-state index contributed by atoms with van der Waals surface area (Å²) in [6.07, 6.45) is -1.75. The Morgan fingerprint density at radius 2 is 1.78 bits per heavy atom. The van der Waals surface area contributed by atoms with Gasteiger partial charge in [0.25, 0.3) is 0 Å². The van der Waals surface area contributed by atoms with E-state index in [9.17, 15) is 18.3 Å². The summed E-state index contributed by atoms with van der Waals surface area (Å²) in [5.74, 6) is -0.609. The molecular formula is C21H22ClF3N4O2S. The maximum atomic E-state index is 12.7. The van der Waals surface area contributed by atoms with Crippen LogP contribution >= 0.6 is 22.9 Å². The fourth-order valence-electron chi connectivity index (χ4n) is 2.75. The molecule has 172 valence electrons. The molecule has 3 atom stereocenters. The van der Waals surface area contributed by atoms with E-state index in [1.165, 1.54) is 23.7 Å². The Bertz CT molecular complexity index is 1040. The molecule has 2 N–H and O–H groups in total. The summed E-state index contributed by atoms with van der Waals surface area (Å²) >= 11 is 7.35. The van der Waals surface area contributed by atoms with Crippen LogP contribution in [-0.2, 0) is 12.7 Å². The van der Waals surface area contributed by atoms with Crippen molar-refractivity contribution < 1.29 is 23.0 Å². The fraction of sp³-hybridized carbons (Fsp3) is 0.381. The first-order valence-electron chi connectivity index (χ1n) is 9.76. The summed E-state index contributed by atoms with van der Waals surface area (Å²) in [6.45, 7) is 5.62. The molecule has 11 heteroatoms. The minimum atomic E-state index is -4.58. The molecular weight excluding hydrogens is 465 g/mol. The third-order valence-electron chi connectivity index (χ3n) is 4.73. The van der Waals surface area contributed by atoms with Gasteiger partial charge < -0.3 is 15.2 Å². The first-order valence-corrected chi connectivity index (χ1v) is 10.9. The quantitative estimate of drug-likeness (QED) is 0.451. The molecule has 0 aliphatic carbocycles. The smallest absolute Gasteiger partial charge is 0.451 e. The van der Waals surface area contributed by atoms with Crippen molar-refractivity contribution in [1.29, 1.82) is 0 Å². The lowest BCUT2D eigenvalue weighted by Crippen LogP contribution is -2.25. The first-order chi connectivity index (χ1) is 15.0. The Morgan fingerprint density at radius 1 is 1.09 bits per heavy atom. The molecule has 0 saturated carbocycles. The number of aliphatic hydroxyl groups excluding tert-OH is 1. The van der Waals surface area contributed by atoms with Crippen LogP contribution in [0.4, 0.5) is 13.2 Å². The average molecular weight is 487 g/mol. The molecule has 2 unspecified atom stereocenters. The molecule has 0 aliphatic rings. The van der Waals surface area contributed by atoms with Crippen LogP contribution in [0.15, 0.2) is 36.8 Å². The number of alkyl halides is 3. The van der Waals surface area contributed by atoms with E-state index in [0.29, 0.717) is 22.2 Å². The van der Waals surface area contributed by atoms with Gasteiger partial charge in [-0.25, -0.2) is 15.0 Å². The monoisotopic (exact) mass is 486 g/mol. The predicted octanol–water partition coefficient (Wildman–Crippen LogP) is 5.27. The van der Waals surface area contributed by atoms with E-state index in [1.54, 1.807) is 20.0 Å². The van der Waals surface area contributed by atoms with Gasteiger partial charge in [-0.05, 0) is 44.5 Å². The molecule has 6 nitrogen and oxygen atoms in total. The summed E-state index contributed by atoms with van der Waals surface area (Å²) in [6, 6.07) is 5.29. The van der Waals surface area contributed by atoms with E-state index in [2.05, 4.69) is 20.3 Å². The van der Waals surface area contributed by atoms with E-state index in [4.69, 9.17) is 16.3 Å². The second-order valence-corrected chi connectivity index (χ2v) is 9.00. The standard InChI is InChI=1S/C21H22ClF3N4O2S/c1-11(16-8-28-20(29-9-16)21(23,24)25)26-7-14-4-15(19-27-10-18(22)32-19)6-17(5-14)31-13(3)12(2)30/h4-6,8-13,26,30H,7H2,1-3H3/t11-,12?,13?/m1/s1. The van der Waals surface area contributed by atoms with Crippen LogP contribution in [0.5, 0.6) is 5.75 Å². The molecule has 0 bridgehead atoms. The summed E-state index contributed by atoms with van der Waals surface area (Å²) in [5, 5.41) is 13.7. The number of halogens is 4. The number of nitrogens with zero attached hydrogens (tertiary/aromatic N) is 3. The van der Waals surface area contributed by atoms with Gasteiger partial charge in [-0.15, -0.1) is 11.3 Å². The summed E-state index contributed by atoms with van der Waals surface area (Å²) < 4.78 is 44.4. The average Bonchev–Trinajstić information content (AvgIpc) is 3.17. The van der Waals surface area contributed by atoms with Gasteiger partial charge in [-0.2, -0.15) is 13.2 Å². The Labute approximate surface area is 192 Å². The van der Waals surface area contributed by atoms with Crippen molar-refractivity contribution in [2.75, 3.05) is 0 Å². The Balaban J connectivity index is 1.78. The lowest BCUT2D eigenvalue weighted by molar-refractivity contribution is -0.145. The number of nitrogens with one attached hydrogen (secondary N) is 1. The zero-order valence-corrected chi connectivity index (χ0v) is 19.1. The first kappa shape index (κ1) is 24.4.